The zero-order valence-corrected chi connectivity index (χ0v) is 21.5. The highest BCUT2D eigenvalue weighted by atomic mass is 35.5. The summed E-state index contributed by atoms with van der Waals surface area (Å²) in [6.45, 7) is 0.0214. The van der Waals surface area contributed by atoms with Gasteiger partial charge in [-0.2, -0.15) is 5.26 Å². The first-order chi connectivity index (χ1) is 18.5. The van der Waals surface area contributed by atoms with Gasteiger partial charge in [-0.1, -0.05) is 54.8 Å². The van der Waals surface area contributed by atoms with Gasteiger partial charge in [0.15, 0.2) is 0 Å². The van der Waals surface area contributed by atoms with Gasteiger partial charge in [-0.25, -0.2) is 5.48 Å². The van der Waals surface area contributed by atoms with E-state index in [1.54, 1.807) is 36.4 Å². The molecule has 3 aromatic rings. The molecule has 1 fully saturated rings. The number of carbonyl (C=O) groups is 2. The zero-order valence-electron chi connectivity index (χ0n) is 20.7. The van der Waals surface area contributed by atoms with E-state index in [1.165, 1.54) is 6.20 Å². The van der Waals surface area contributed by atoms with Crippen molar-refractivity contribution in [1.82, 2.24) is 15.4 Å². The van der Waals surface area contributed by atoms with Crippen molar-refractivity contribution in [3.63, 3.8) is 0 Å². The third kappa shape index (κ3) is 5.14. The van der Waals surface area contributed by atoms with Gasteiger partial charge in [0.05, 0.1) is 23.2 Å². The van der Waals surface area contributed by atoms with Crippen molar-refractivity contribution in [2.24, 2.45) is 5.73 Å². The van der Waals surface area contributed by atoms with Crippen LogP contribution in [0, 0.1) is 11.3 Å². The molecule has 5 rings (SSSR count). The van der Waals surface area contributed by atoms with E-state index in [9.17, 15) is 9.59 Å². The molecule has 8 nitrogen and oxygen atoms in total. The molecule has 3 N–H and O–H groups in total. The lowest BCUT2D eigenvalue weighted by molar-refractivity contribution is -0.138. The minimum absolute atomic E-state index is 0.0214. The SMILES string of the molecule is N#Cc1ccc(CONC(=O)[C@@H]2c3ccccc3C(=O)N([C@H]3CCCC[C@@H]3N)[C@H]2c2ccc(Cl)cc2)nc1. The van der Waals surface area contributed by atoms with Crippen molar-refractivity contribution < 1.29 is 14.4 Å². The fourth-order valence-electron chi connectivity index (χ4n) is 5.52. The average molecular weight is 530 g/mol. The number of fused-ring (bicyclic) bond motifs is 1. The number of nitrogens with two attached hydrogens (primary N) is 1. The Balaban J connectivity index is 1.50. The second-order valence-electron chi connectivity index (χ2n) is 9.69. The molecule has 0 unspecified atom stereocenters. The molecular weight excluding hydrogens is 502 g/mol. The minimum atomic E-state index is -0.742. The van der Waals surface area contributed by atoms with E-state index >= 15 is 0 Å². The third-order valence-electron chi connectivity index (χ3n) is 7.36. The highest BCUT2D eigenvalue weighted by molar-refractivity contribution is 6.30. The molecule has 1 saturated carbocycles. The van der Waals surface area contributed by atoms with Crippen LogP contribution in [0.3, 0.4) is 0 Å². The van der Waals surface area contributed by atoms with Crippen molar-refractivity contribution in [1.29, 1.82) is 5.26 Å². The molecule has 0 bridgehead atoms. The van der Waals surface area contributed by atoms with Crippen LogP contribution in [-0.4, -0.2) is 33.8 Å². The molecule has 0 spiro atoms. The maximum Gasteiger partial charge on any atom is 0.255 e. The van der Waals surface area contributed by atoms with Crippen LogP contribution in [0.1, 0.15) is 70.4 Å². The number of hydrogen-bond acceptors (Lipinski definition) is 6. The summed E-state index contributed by atoms with van der Waals surface area (Å²) in [5.74, 6) is -1.25. The highest BCUT2D eigenvalue weighted by Gasteiger charge is 2.48. The van der Waals surface area contributed by atoms with Gasteiger partial charge in [0.2, 0.25) is 0 Å². The van der Waals surface area contributed by atoms with Crippen LogP contribution < -0.4 is 11.2 Å². The Bertz CT molecular complexity index is 1360. The van der Waals surface area contributed by atoms with Crippen LogP contribution in [0.15, 0.2) is 66.9 Å². The Morgan fingerprint density at radius 3 is 2.61 bits per heavy atom. The molecule has 4 atom stereocenters. The Labute approximate surface area is 226 Å². The number of amides is 2. The van der Waals surface area contributed by atoms with Crippen molar-refractivity contribution in [2.45, 2.75) is 56.3 Å². The molecular formula is C29H28ClN5O3. The topological polar surface area (TPSA) is 121 Å². The van der Waals surface area contributed by atoms with E-state index in [0.717, 1.165) is 31.2 Å². The molecule has 194 valence electrons. The number of nitriles is 1. The van der Waals surface area contributed by atoms with Crippen LogP contribution in [0.4, 0.5) is 0 Å². The summed E-state index contributed by atoms with van der Waals surface area (Å²) < 4.78 is 0. The number of nitrogens with zero attached hydrogens (tertiary/aromatic N) is 3. The highest BCUT2D eigenvalue weighted by Crippen LogP contribution is 2.45. The van der Waals surface area contributed by atoms with Crippen LogP contribution in [0.25, 0.3) is 0 Å². The molecule has 38 heavy (non-hydrogen) atoms. The lowest BCUT2D eigenvalue weighted by Gasteiger charge is -2.48. The summed E-state index contributed by atoms with van der Waals surface area (Å²) in [6.07, 6.45) is 5.03. The van der Waals surface area contributed by atoms with Gasteiger partial charge < -0.3 is 10.6 Å². The van der Waals surface area contributed by atoms with Crippen molar-refractivity contribution in [3.8, 4) is 6.07 Å². The first-order valence-electron chi connectivity index (χ1n) is 12.7. The second-order valence-corrected chi connectivity index (χ2v) is 10.1. The van der Waals surface area contributed by atoms with E-state index in [1.807, 2.05) is 35.2 Å². The molecule has 1 aromatic heterocycles. The number of carbonyl (C=O) groups excluding carboxylic acids is 2. The molecule has 0 saturated heterocycles. The Morgan fingerprint density at radius 1 is 1.13 bits per heavy atom. The Kier molecular flexibility index (Phi) is 7.70. The molecule has 1 aliphatic heterocycles. The maximum atomic E-state index is 14.0. The summed E-state index contributed by atoms with van der Waals surface area (Å²) in [7, 11) is 0. The summed E-state index contributed by atoms with van der Waals surface area (Å²) in [6, 6.07) is 18.8. The fraction of sp³-hybridized carbons (Fsp3) is 0.310. The summed E-state index contributed by atoms with van der Waals surface area (Å²) in [5.41, 5.74) is 12.1. The number of pyridine rings is 1. The molecule has 2 heterocycles. The van der Waals surface area contributed by atoms with E-state index < -0.39 is 12.0 Å². The van der Waals surface area contributed by atoms with Crippen molar-refractivity contribution >= 4 is 23.4 Å². The maximum absolute atomic E-state index is 14.0. The predicted octanol–water partition coefficient (Wildman–Crippen LogP) is 4.41. The number of hydroxylamine groups is 1. The molecule has 2 aromatic carbocycles. The quantitative estimate of drug-likeness (QED) is 0.456. The number of halogens is 1. The molecule has 1 aliphatic carbocycles. The number of rotatable bonds is 6. The standard InChI is InChI=1S/C29H28ClN5O3/c30-20-12-10-19(11-13-20)27-26(28(36)34-38-17-21-14-9-18(15-31)16-33-21)22-5-1-2-6-23(22)29(37)35(27)25-8-4-3-7-24(25)32/h1-2,5-6,9-14,16,24-27H,3-4,7-8,17,32H2,(H,34,36)/t24-,25-,26+,27-/m0/s1. The Hall–Kier alpha value is -3.77. The van der Waals surface area contributed by atoms with Gasteiger partial charge in [0, 0.05) is 28.9 Å². The van der Waals surface area contributed by atoms with Crippen molar-refractivity contribution in [2.75, 3.05) is 0 Å². The van der Waals surface area contributed by atoms with Gasteiger partial charge in [-0.15, -0.1) is 0 Å². The normalized spacial score (nSPS) is 22.9. The fourth-order valence-corrected chi connectivity index (χ4v) is 5.65. The van der Waals surface area contributed by atoms with Gasteiger partial charge in [0.1, 0.15) is 12.7 Å². The number of benzene rings is 2. The molecule has 0 radical (unpaired) electrons. The monoisotopic (exact) mass is 529 g/mol. The van der Waals surface area contributed by atoms with E-state index in [2.05, 4.69) is 10.5 Å². The van der Waals surface area contributed by atoms with E-state index in [-0.39, 0.29) is 30.5 Å². The molecule has 2 amide bonds. The number of hydrogen-bond donors (Lipinski definition) is 2. The lowest BCUT2D eigenvalue weighted by Crippen LogP contribution is -2.57. The van der Waals surface area contributed by atoms with Crippen LogP contribution in [0.2, 0.25) is 5.02 Å². The summed E-state index contributed by atoms with van der Waals surface area (Å²) in [4.78, 5) is 39.4. The number of aromatic nitrogens is 1. The second kappa shape index (κ2) is 11.3. The van der Waals surface area contributed by atoms with Crippen LogP contribution in [0.5, 0.6) is 0 Å². The lowest BCUT2D eigenvalue weighted by atomic mass is 9.76. The van der Waals surface area contributed by atoms with Gasteiger partial charge >= 0.3 is 0 Å². The Morgan fingerprint density at radius 2 is 1.89 bits per heavy atom. The molecule has 9 heteroatoms. The largest absolute Gasteiger partial charge is 0.326 e. The van der Waals surface area contributed by atoms with Gasteiger partial charge in [-0.3, -0.25) is 19.4 Å². The van der Waals surface area contributed by atoms with E-state index in [0.29, 0.717) is 27.4 Å². The summed E-state index contributed by atoms with van der Waals surface area (Å²) >= 11 is 6.19. The molecule has 2 aliphatic rings. The average Bonchev–Trinajstić information content (AvgIpc) is 2.94. The summed E-state index contributed by atoms with van der Waals surface area (Å²) in [5, 5.41) is 9.53. The van der Waals surface area contributed by atoms with Gasteiger partial charge in [0.25, 0.3) is 11.8 Å². The van der Waals surface area contributed by atoms with Crippen molar-refractivity contribution in [3.05, 3.63) is 99.8 Å². The van der Waals surface area contributed by atoms with E-state index in [4.69, 9.17) is 27.4 Å². The predicted molar refractivity (Wildman–Crippen MR) is 142 cm³/mol. The first kappa shape index (κ1) is 25.9. The number of nitrogens with one attached hydrogen (secondary N) is 1. The van der Waals surface area contributed by atoms with Gasteiger partial charge in [-0.05, 0) is 54.3 Å². The smallest absolute Gasteiger partial charge is 0.255 e. The van der Waals surface area contributed by atoms with Crippen LogP contribution in [-0.2, 0) is 16.2 Å². The minimum Gasteiger partial charge on any atom is -0.326 e. The third-order valence-corrected chi connectivity index (χ3v) is 7.61. The van der Waals surface area contributed by atoms with Crippen LogP contribution >= 0.6 is 11.6 Å². The first-order valence-corrected chi connectivity index (χ1v) is 13.0. The zero-order chi connectivity index (χ0) is 26.6.